The van der Waals surface area contributed by atoms with Crippen LogP contribution < -0.4 is 41.2 Å². The molecule has 0 unspecified atom stereocenters. The first kappa shape index (κ1) is 53.9. The molecule has 4 aromatic rings. The smallest absolute Gasteiger partial charge is 0.328 e. The third kappa shape index (κ3) is 16.3. The minimum Gasteiger partial charge on any atom is -0.490 e. The van der Waals surface area contributed by atoms with Crippen molar-refractivity contribution in [3.05, 3.63) is 123 Å². The van der Waals surface area contributed by atoms with Crippen molar-refractivity contribution in [1.29, 1.82) is 0 Å². The van der Waals surface area contributed by atoms with Crippen molar-refractivity contribution in [2.24, 2.45) is 11.7 Å². The SMILES string of the molecule is CCCCCCCCCCCC(=O)N[C@@H](C(=O)O)[C@@H]1NC(=O)[C@H](Cc2ccccc2)NC(=O)[C@H](NC(=O)[C@H](N)CC(C)C)Cc2ccc(c([N+](=O)[O-])c2)Oc2cc1cc(OCc1ccccc1)c2OC. The molecule has 0 saturated heterocycles. The van der Waals surface area contributed by atoms with Gasteiger partial charge in [-0.3, -0.25) is 29.3 Å². The van der Waals surface area contributed by atoms with Gasteiger partial charge in [0.25, 0.3) is 0 Å². The van der Waals surface area contributed by atoms with Crippen molar-refractivity contribution >= 4 is 35.3 Å². The second-order valence-electron chi connectivity index (χ2n) is 18.2. The Morgan fingerprint density at radius 2 is 1.50 bits per heavy atom. The molecule has 0 spiro atoms. The van der Waals surface area contributed by atoms with Gasteiger partial charge >= 0.3 is 11.7 Å². The number of nitro groups is 1. The van der Waals surface area contributed by atoms with Crippen LogP contribution >= 0.6 is 0 Å². The molecule has 2 aliphatic rings. The van der Waals surface area contributed by atoms with Crippen LogP contribution in [0.4, 0.5) is 5.69 Å². The summed E-state index contributed by atoms with van der Waals surface area (Å²) in [5.74, 6) is -4.74. The van der Waals surface area contributed by atoms with E-state index in [4.69, 9.17) is 19.9 Å². The van der Waals surface area contributed by atoms with Gasteiger partial charge < -0.3 is 46.3 Å². The fraction of sp³-hybridized carbons (Fsp3) is 0.453. The van der Waals surface area contributed by atoms with Crippen LogP contribution in [0.2, 0.25) is 0 Å². The maximum Gasteiger partial charge on any atom is 0.328 e. The molecule has 4 aromatic carbocycles. The van der Waals surface area contributed by atoms with E-state index in [2.05, 4.69) is 28.2 Å². The summed E-state index contributed by atoms with van der Waals surface area (Å²) in [6, 6.07) is 17.6. The maximum atomic E-state index is 14.9. The van der Waals surface area contributed by atoms with E-state index in [1.54, 1.807) is 30.3 Å². The van der Waals surface area contributed by atoms with Gasteiger partial charge in [-0.25, -0.2) is 4.79 Å². The van der Waals surface area contributed by atoms with Crippen molar-refractivity contribution in [3.8, 4) is 23.0 Å². The zero-order valence-corrected chi connectivity index (χ0v) is 40.6. The Morgan fingerprint density at radius 3 is 2.11 bits per heavy atom. The molecule has 0 radical (unpaired) electrons. The molecule has 70 heavy (non-hydrogen) atoms. The van der Waals surface area contributed by atoms with E-state index >= 15 is 0 Å². The molecule has 7 N–H and O–H groups in total. The van der Waals surface area contributed by atoms with Gasteiger partial charge in [0, 0.05) is 25.3 Å². The molecule has 0 aromatic heterocycles. The molecule has 0 fully saturated rings. The Labute approximate surface area is 409 Å². The van der Waals surface area contributed by atoms with Crippen molar-refractivity contribution in [1.82, 2.24) is 21.3 Å². The van der Waals surface area contributed by atoms with Crippen LogP contribution in [0.15, 0.2) is 91.0 Å². The number of fused-ring (bicyclic) bond motifs is 9. The van der Waals surface area contributed by atoms with E-state index in [0.29, 0.717) is 18.4 Å². The van der Waals surface area contributed by atoms with Crippen LogP contribution in [-0.2, 0) is 43.4 Å². The lowest BCUT2D eigenvalue weighted by Gasteiger charge is -2.30. The van der Waals surface area contributed by atoms with Crippen LogP contribution in [0.1, 0.15) is 120 Å². The number of carboxylic acids is 1. The predicted molar refractivity (Wildman–Crippen MR) is 264 cm³/mol. The highest BCUT2D eigenvalue weighted by Crippen LogP contribution is 2.45. The Kier molecular flexibility index (Phi) is 21.0. The number of carboxylic acid groups (broad SMARTS) is 1. The topological polar surface area (TPSA) is 251 Å². The Morgan fingerprint density at radius 1 is 0.857 bits per heavy atom. The summed E-state index contributed by atoms with van der Waals surface area (Å²) in [7, 11) is 1.34. The van der Waals surface area contributed by atoms with Crippen LogP contribution in [-0.4, -0.2) is 70.9 Å². The number of hydrogen-bond donors (Lipinski definition) is 6. The molecule has 376 valence electrons. The molecule has 5 atom stereocenters. The monoisotopic (exact) mass is 964 g/mol. The average Bonchev–Trinajstić information content (AvgIpc) is 3.33. The number of methoxy groups -OCH3 is 1. The molecule has 17 nitrogen and oxygen atoms in total. The van der Waals surface area contributed by atoms with Gasteiger partial charge in [0.05, 0.1) is 24.1 Å². The highest BCUT2D eigenvalue weighted by Gasteiger charge is 2.37. The molecule has 0 aliphatic carbocycles. The number of hydrogen-bond acceptors (Lipinski definition) is 11. The van der Waals surface area contributed by atoms with Crippen LogP contribution in [0.5, 0.6) is 23.0 Å². The maximum absolute atomic E-state index is 14.9. The number of nitro benzene ring substituents is 1. The highest BCUT2D eigenvalue weighted by molar-refractivity contribution is 5.94. The zero-order chi connectivity index (χ0) is 50.6. The number of aliphatic carboxylic acids is 1. The summed E-state index contributed by atoms with van der Waals surface area (Å²) in [6.07, 6.45) is 8.98. The number of benzene rings is 4. The molecule has 4 bridgehead atoms. The van der Waals surface area contributed by atoms with Gasteiger partial charge in [-0.2, -0.15) is 0 Å². The number of nitrogens with two attached hydrogens (primary N) is 1. The van der Waals surface area contributed by atoms with Crippen molar-refractivity contribution in [3.63, 3.8) is 0 Å². The third-order valence-electron chi connectivity index (χ3n) is 12.1. The first-order valence-corrected chi connectivity index (χ1v) is 24.2. The van der Waals surface area contributed by atoms with E-state index < -0.39 is 70.4 Å². The first-order chi connectivity index (χ1) is 33.7. The molecular formula is C53H68N6O11. The molecule has 17 heteroatoms. The number of nitrogens with zero attached hydrogens (tertiary/aromatic N) is 1. The second-order valence-corrected chi connectivity index (χ2v) is 18.2. The quantitative estimate of drug-likeness (QED) is 0.0224. The Bertz CT molecular complexity index is 2380. The lowest BCUT2D eigenvalue weighted by Crippen LogP contribution is -2.58. The molecule has 2 aliphatic heterocycles. The minimum absolute atomic E-state index is 0.00490. The summed E-state index contributed by atoms with van der Waals surface area (Å²) < 4.78 is 18.4. The molecule has 4 amide bonds. The Hall–Kier alpha value is -7.01. The van der Waals surface area contributed by atoms with Crippen LogP contribution in [0.3, 0.4) is 0 Å². The van der Waals surface area contributed by atoms with Crippen LogP contribution in [0, 0.1) is 16.0 Å². The zero-order valence-electron chi connectivity index (χ0n) is 40.6. The van der Waals surface area contributed by atoms with Gasteiger partial charge in [0.15, 0.2) is 17.5 Å². The minimum atomic E-state index is -1.81. The largest absolute Gasteiger partial charge is 0.490 e. The van der Waals surface area contributed by atoms with Gasteiger partial charge in [0.2, 0.25) is 35.1 Å². The van der Waals surface area contributed by atoms with E-state index in [9.17, 15) is 39.2 Å². The summed E-state index contributed by atoms with van der Waals surface area (Å²) in [5, 5.41) is 34.7. The van der Waals surface area contributed by atoms with Gasteiger partial charge in [-0.05, 0) is 59.2 Å². The first-order valence-electron chi connectivity index (χ1n) is 24.2. The van der Waals surface area contributed by atoms with E-state index in [-0.39, 0.29) is 65.9 Å². The number of rotatable bonds is 24. The van der Waals surface area contributed by atoms with Crippen molar-refractivity contribution < 1.29 is 48.2 Å². The standard InChI is InChI=1S/C53H68N6O11/c1-5-6-7-8-9-10-11-12-19-24-46(60)57-48(53(64)65)47-38-31-44(69-33-36-22-17-14-18-23-36)49(68-4)45(32-38)70-43-26-25-37(30-42(43)59(66)67)29-41(55-50(61)39(54)27-34(2)3)51(62)56-40(52(63)58-47)28-35-20-15-13-16-21-35/h13-18,20-23,25-26,30-32,34,39-41,47-48H,5-12,19,24,27-29,33,54H2,1-4H3,(H,55,61)(H,56,62)(H,57,60)(H,58,63)(H,64,65)/t39-,40+,41-,47-,48-/m1/s1. The molecule has 6 rings (SSSR count). The molecule has 0 saturated carbocycles. The summed E-state index contributed by atoms with van der Waals surface area (Å²) in [6.45, 7) is 5.94. The lowest BCUT2D eigenvalue weighted by atomic mass is 9.96. The summed E-state index contributed by atoms with van der Waals surface area (Å²) in [5.41, 5.74) is 7.43. The lowest BCUT2D eigenvalue weighted by molar-refractivity contribution is -0.385. The fourth-order valence-corrected chi connectivity index (χ4v) is 8.35. The fourth-order valence-electron chi connectivity index (χ4n) is 8.35. The highest BCUT2D eigenvalue weighted by atomic mass is 16.6. The normalized spacial score (nSPS) is 16.8. The number of ether oxygens (including phenoxy) is 3. The van der Waals surface area contributed by atoms with E-state index in [0.717, 1.165) is 44.1 Å². The molecular weight excluding hydrogens is 897 g/mol. The number of unbranched alkanes of at least 4 members (excludes halogenated alkanes) is 8. The van der Waals surface area contributed by atoms with Crippen LogP contribution in [0.25, 0.3) is 0 Å². The number of carbonyl (C=O) groups is 5. The van der Waals surface area contributed by atoms with Gasteiger partial charge in [-0.15, -0.1) is 0 Å². The van der Waals surface area contributed by atoms with Gasteiger partial charge in [-0.1, -0.05) is 139 Å². The van der Waals surface area contributed by atoms with E-state index in [1.165, 1.54) is 50.3 Å². The predicted octanol–water partition coefficient (Wildman–Crippen LogP) is 7.76. The van der Waals surface area contributed by atoms with Gasteiger partial charge in [0.1, 0.15) is 18.7 Å². The number of carbonyl (C=O) groups excluding carboxylic acids is 4. The van der Waals surface area contributed by atoms with Crippen molar-refractivity contribution in [2.75, 3.05) is 7.11 Å². The van der Waals surface area contributed by atoms with Crippen molar-refractivity contribution in [2.45, 2.75) is 141 Å². The molecule has 2 heterocycles. The summed E-state index contributed by atoms with van der Waals surface area (Å²) in [4.78, 5) is 82.2. The second kappa shape index (κ2) is 27.2. The number of amides is 4. The number of nitrogens with one attached hydrogen (secondary N) is 4. The Balaban J connectivity index is 1.64. The van der Waals surface area contributed by atoms with E-state index in [1.807, 2.05) is 44.2 Å². The average molecular weight is 965 g/mol. The summed E-state index contributed by atoms with van der Waals surface area (Å²) >= 11 is 0. The third-order valence-corrected chi connectivity index (χ3v) is 12.1.